The topological polar surface area (TPSA) is 20.3 Å². The predicted octanol–water partition coefficient (Wildman–Crippen LogP) is 2.26. The van der Waals surface area contributed by atoms with Crippen molar-refractivity contribution in [1.29, 1.82) is 0 Å². The van der Waals surface area contributed by atoms with Gasteiger partial charge in [-0.25, -0.2) is 0 Å². The molecule has 0 unspecified atom stereocenters. The molecule has 0 aromatic heterocycles. The lowest BCUT2D eigenvalue weighted by Gasteiger charge is -2.16. The van der Waals surface area contributed by atoms with E-state index in [0.29, 0.717) is 11.8 Å². The van der Waals surface area contributed by atoms with E-state index in [1.165, 1.54) is 0 Å². The van der Waals surface area contributed by atoms with Crippen LogP contribution in [0, 0.1) is 5.92 Å². The second-order valence-electron chi connectivity index (χ2n) is 3.78. The van der Waals surface area contributed by atoms with Crippen LogP contribution in [0.1, 0.15) is 32.1 Å². The molecular formula is C10H18ClNO. The molecule has 76 valence electrons. The van der Waals surface area contributed by atoms with Gasteiger partial charge in [0.15, 0.2) is 0 Å². The van der Waals surface area contributed by atoms with Gasteiger partial charge in [-0.1, -0.05) is 6.42 Å². The van der Waals surface area contributed by atoms with E-state index in [4.69, 9.17) is 11.6 Å². The molecule has 0 heterocycles. The summed E-state index contributed by atoms with van der Waals surface area (Å²) < 4.78 is 0. The fourth-order valence-electron chi connectivity index (χ4n) is 1.37. The zero-order valence-corrected chi connectivity index (χ0v) is 9.02. The van der Waals surface area contributed by atoms with Crippen molar-refractivity contribution in [3.05, 3.63) is 0 Å². The Kier molecular flexibility index (Phi) is 4.57. The van der Waals surface area contributed by atoms with Crippen molar-refractivity contribution in [1.82, 2.24) is 4.90 Å². The van der Waals surface area contributed by atoms with Crippen LogP contribution >= 0.6 is 11.6 Å². The smallest absolute Gasteiger partial charge is 0.225 e. The number of rotatable bonds is 6. The van der Waals surface area contributed by atoms with Crippen LogP contribution in [0.5, 0.6) is 0 Å². The second-order valence-corrected chi connectivity index (χ2v) is 4.16. The molecule has 1 rings (SSSR count). The SMILES string of the molecule is CN(CCCCCCl)C(=O)C1CC1. The lowest BCUT2D eigenvalue weighted by atomic mass is 10.2. The number of unbranched alkanes of at least 4 members (excludes halogenated alkanes) is 2. The van der Waals surface area contributed by atoms with Crippen molar-refractivity contribution < 1.29 is 4.79 Å². The van der Waals surface area contributed by atoms with Crippen molar-refractivity contribution >= 4 is 17.5 Å². The highest BCUT2D eigenvalue weighted by Crippen LogP contribution is 2.30. The zero-order valence-electron chi connectivity index (χ0n) is 8.26. The van der Waals surface area contributed by atoms with Crippen molar-refractivity contribution in [2.24, 2.45) is 5.92 Å². The minimum Gasteiger partial charge on any atom is -0.346 e. The Morgan fingerprint density at radius 2 is 2.08 bits per heavy atom. The maximum absolute atomic E-state index is 11.5. The molecule has 0 aromatic rings. The van der Waals surface area contributed by atoms with Gasteiger partial charge in [-0.05, 0) is 25.7 Å². The molecule has 1 aliphatic carbocycles. The minimum absolute atomic E-state index is 0.339. The van der Waals surface area contributed by atoms with Crippen LogP contribution in [0.2, 0.25) is 0 Å². The summed E-state index contributed by atoms with van der Waals surface area (Å²) in [5.41, 5.74) is 0. The average molecular weight is 204 g/mol. The van der Waals surface area contributed by atoms with E-state index < -0.39 is 0 Å². The lowest BCUT2D eigenvalue weighted by Crippen LogP contribution is -2.28. The quantitative estimate of drug-likeness (QED) is 0.479. The van der Waals surface area contributed by atoms with Gasteiger partial charge in [0.2, 0.25) is 5.91 Å². The molecule has 0 saturated heterocycles. The minimum atomic E-state index is 0.339. The van der Waals surface area contributed by atoms with Gasteiger partial charge < -0.3 is 4.90 Å². The third-order valence-electron chi connectivity index (χ3n) is 2.43. The van der Waals surface area contributed by atoms with Crippen LogP contribution in [-0.4, -0.2) is 30.3 Å². The third-order valence-corrected chi connectivity index (χ3v) is 2.70. The summed E-state index contributed by atoms with van der Waals surface area (Å²) in [6, 6.07) is 0. The molecule has 0 bridgehead atoms. The predicted molar refractivity (Wildman–Crippen MR) is 54.9 cm³/mol. The molecule has 0 atom stereocenters. The Bertz CT molecular complexity index is 168. The molecule has 13 heavy (non-hydrogen) atoms. The number of hydrogen-bond donors (Lipinski definition) is 0. The summed E-state index contributed by atoms with van der Waals surface area (Å²) >= 11 is 5.56. The molecule has 0 aromatic carbocycles. The highest BCUT2D eigenvalue weighted by molar-refractivity contribution is 6.17. The molecule has 3 heteroatoms. The first kappa shape index (κ1) is 10.8. The van der Waals surface area contributed by atoms with Gasteiger partial charge in [0, 0.05) is 25.4 Å². The first-order valence-corrected chi connectivity index (χ1v) is 5.60. The van der Waals surface area contributed by atoms with Crippen molar-refractivity contribution in [2.45, 2.75) is 32.1 Å². The Balaban J connectivity index is 2.02. The Morgan fingerprint density at radius 3 is 2.62 bits per heavy atom. The fourth-order valence-corrected chi connectivity index (χ4v) is 1.56. The van der Waals surface area contributed by atoms with Gasteiger partial charge in [0.25, 0.3) is 0 Å². The van der Waals surface area contributed by atoms with Crippen LogP contribution in [0.15, 0.2) is 0 Å². The monoisotopic (exact) mass is 203 g/mol. The Morgan fingerprint density at radius 1 is 1.38 bits per heavy atom. The molecule has 2 nitrogen and oxygen atoms in total. The van der Waals surface area contributed by atoms with Crippen LogP contribution < -0.4 is 0 Å². The van der Waals surface area contributed by atoms with Crippen molar-refractivity contribution in [3.8, 4) is 0 Å². The second kappa shape index (κ2) is 5.48. The summed E-state index contributed by atoms with van der Waals surface area (Å²) in [6.07, 6.45) is 5.48. The van der Waals surface area contributed by atoms with Gasteiger partial charge in [-0.15, -0.1) is 11.6 Å². The van der Waals surface area contributed by atoms with Crippen LogP contribution in [-0.2, 0) is 4.79 Å². The molecule has 0 radical (unpaired) electrons. The van der Waals surface area contributed by atoms with E-state index >= 15 is 0 Å². The van der Waals surface area contributed by atoms with E-state index in [-0.39, 0.29) is 0 Å². The van der Waals surface area contributed by atoms with Crippen molar-refractivity contribution in [3.63, 3.8) is 0 Å². The van der Waals surface area contributed by atoms with E-state index in [9.17, 15) is 4.79 Å². The van der Waals surface area contributed by atoms with E-state index in [2.05, 4.69) is 0 Å². The summed E-state index contributed by atoms with van der Waals surface area (Å²) in [5.74, 6) is 1.43. The first-order valence-electron chi connectivity index (χ1n) is 5.06. The summed E-state index contributed by atoms with van der Waals surface area (Å²) in [6.45, 7) is 0.895. The van der Waals surface area contributed by atoms with Crippen LogP contribution in [0.4, 0.5) is 0 Å². The van der Waals surface area contributed by atoms with Gasteiger partial charge in [-0.3, -0.25) is 4.79 Å². The summed E-state index contributed by atoms with van der Waals surface area (Å²) in [4.78, 5) is 13.3. The molecule has 1 fully saturated rings. The Labute approximate surface area is 85.2 Å². The molecule has 1 saturated carbocycles. The number of hydrogen-bond acceptors (Lipinski definition) is 1. The number of carbonyl (C=O) groups is 1. The molecule has 0 spiro atoms. The van der Waals surface area contributed by atoms with Crippen LogP contribution in [0.3, 0.4) is 0 Å². The largest absolute Gasteiger partial charge is 0.346 e. The van der Waals surface area contributed by atoms with Crippen LogP contribution in [0.25, 0.3) is 0 Å². The van der Waals surface area contributed by atoms with Crippen molar-refractivity contribution in [2.75, 3.05) is 19.5 Å². The highest BCUT2D eigenvalue weighted by Gasteiger charge is 2.31. The third kappa shape index (κ3) is 3.99. The molecule has 0 N–H and O–H groups in total. The maximum atomic E-state index is 11.5. The zero-order chi connectivity index (χ0) is 9.68. The average Bonchev–Trinajstić information content (AvgIpc) is 2.94. The molecule has 1 aliphatic rings. The number of amides is 1. The Hall–Kier alpha value is -0.240. The van der Waals surface area contributed by atoms with Gasteiger partial charge >= 0.3 is 0 Å². The molecule has 0 aliphatic heterocycles. The first-order chi connectivity index (χ1) is 6.25. The maximum Gasteiger partial charge on any atom is 0.225 e. The van der Waals surface area contributed by atoms with E-state index in [1.807, 2.05) is 11.9 Å². The summed E-state index contributed by atoms with van der Waals surface area (Å²) in [5, 5.41) is 0. The highest BCUT2D eigenvalue weighted by atomic mass is 35.5. The van der Waals surface area contributed by atoms with Gasteiger partial charge in [-0.2, -0.15) is 0 Å². The van der Waals surface area contributed by atoms with E-state index in [1.54, 1.807) is 0 Å². The standard InChI is InChI=1S/C10H18ClNO/c1-12(8-4-2-3-7-11)10(13)9-5-6-9/h9H,2-8H2,1H3. The number of halogens is 1. The fraction of sp³-hybridized carbons (Fsp3) is 0.900. The van der Waals surface area contributed by atoms with E-state index in [0.717, 1.165) is 44.5 Å². The lowest BCUT2D eigenvalue weighted by molar-refractivity contribution is -0.131. The summed E-state index contributed by atoms with van der Waals surface area (Å²) in [7, 11) is 1.90. The van der Waals surface area contributed by atoms with Gasteiger partial charge in [0.05, 0.1) is 0 Å². The normalized spacial score (nSPS) is 15.8. The molecule has 1 amide bonds. The van der Waals surface area contributed by atoms with Gasteiger partial charge in [0.1, 0.15) is 0 Å². The number of alkyl halides is 1. The number of carbonyl (C=O) groups excluding carboxylic acids is 1. The number of nitrogens with zero attached hydrogens (tertiary/aromatic N) is 1. The molecular weight excluding hydrogens is 186 g/mol.